The summed E-state index contributed by atoms with van der Waals surface area (Å²) < 4.78 is 7.39. The number of aryl methyl sites for hydroxylation is 2. The number of aromatic nitrogens is 3. The van der Waals surface area contributed by atoms with Crippen LogP contribution in [0.15, 0.2) is 53.7 Å². The predicted octanol–water partition coefficient (Wildman–Crippen LogP) is 3.37. The Balaban J connectivity index is 1.55. The van der Waals surface area contributed by atoms with E-state index in [0.717, 1.165) is 22.7 Å². The highest BCUT2D eigenvalue weighted by Crippen LogP contribution is 2.37. The summed E-state index contributed by atoms with van der Waals surface area (Å²) >= 11 is 1.42. The number of fused-ring (bicyclic) bond motifs is 1. The minimum atomic E-state index is -0.385. The fourth-order valence-electron chi connectivity index (χ4n) is 3.34. The van der Waals surface area contributed by atoms with Crippen LogP contribution in [0.1, 0.15) is 35.5 Å². The van der Waals surface area contributed by atoms with Gasteiger partial charge in [0.05, 0.1) is 12.6 Å². The maximum Gasteiger partial charge on any atom is 0.236 e. The second kappa shape index (κ2) is 8.79. The van der Waals surface area contributed by atoms with Crippen molar-refractivity contribution in [1.29, 1.82) is 0 Å². The fourth-order valence-corrected chi connectivity index (χ4v) is 4.49. The number of amides is 1. The van der Waals surface area contributed by atoms with E-state index in [4.69, 9.17) is 4.74 Å². The molecule has 2 N–H and O–H groups in total. The van der Waals surface area contributed by atoms with Crippen LogP contribution in [0.4, 0.5) is 0 Å². The molecule has 1 amide bonds. The van der Waals surface area contributed by atoms with Crippen molar-refractivity contribution in [2.75, 3.05) is 12.0 Å². The topological polar surface area (TPSA) is 81.1 Å². The van der Waals surface area contributed by atoms with E-state index >= 15 is 0 Å². The Morgan fingerprint density at radius 1 is 1.13 bits per heavy atom. The van der Waals surface area contributed by atoms with Gasteiger partial charge in [0.15, 0.2) is 0 Å². The minimum Gasteiger partial charge on any atom is -0.494 e. The Morgan fingerprint density at radius 3 is 2.57 bits per heavy atom. The molecule has 2 heterocycles. The van der Waals surface area contributed by atoms with Crippen LogP contribution in [0.2, 0.25) is 0 Å². The number of nitrogens with zero attached hydrogens (tertiary/aromatic N) is 3. The van der Waals surface area contributed by atoms with Crippen molar-refractivity contribution in [2.24, 2.45) is 0 Å². The standard InChI is InChI=1S/C22H25N5O2S/c1-4-29-18-11-9-17(10-12-18)19-20(30-22-25-24-15(3)27(22)26-19)21(28)23-13-16-7-5-14(2)6-8-16/h5-12,19-20,26H,4,13H2,1-3H3,(H,23,28)/t19-,20-/m1/s1. The Kier molecular flexibility index (Phi) is 5.94. The summed E-state index contributed by atoms with van der Waals surface area (Å²) in [7, 11) is 0. The normalized spacial score (nSPS) is 17.7. The molecule has 156 valence electrons. The van der Waals surface area contributed by atoms with Crippen LogP contribution in [0.5, 0.6) is 5.75 Å². The van der Waals surface area contributed by atoms with Gasteiger partial charge < -0.3 is 15.5 Å². The Labute approximate surface area is 180 Å². The summed E-state index contributed by atoms with van der Waals surface area (Å²) in [5, 5.41) is 11.7. The van der Waals surface area contributed by atoms with E-state index in [1.165, 1.54) is 17.3 Å². The molecular formula is C22H25N5O2S. The highest BCUT2D eigenvalue weighted by Gasteiger charge is 2.37. The molecule has 0 radical (unpaired) electrons. The van der Waals surface area contributed by atoms with Gasteiger partial charge in [-0.1, -0.05) is 53.7 Å². The minimum absolute atomic E-state index is 0.0427. The summed E-state index contributed by atoms with van der Waals surface area (Å²) in [6.45, 7) is 6.99. The smallest absolute Gasteiger partial charge is 0.236 e. The predicted molar refractivity (Wildman–Crippen MR) is 117 cm³/mol. The van der Waals surface area contributed by atoms with Crippen LogP contribution in [0.25, 0.3) is 0 Å². The first kappa shape index (κ1) is 20.3. The number of carbonyl (C=O) groups is 1. The molecule has 0 spiro atoms. The van der Waals surface area contributed by atoms with Crippen molar-refractivity contribution < 1.29 is 9.53 Å². The van der Waals surface area contributed by atoms with Gasteiger partial charge >= 0.3 is 0 Å². The number of hydrogen-bond donors (Lipinski definition) is 2. The van der Waals surface area contributed by atoms with Crippen molar-refractivity contribution in [2.45, 2.75) is 43.8 Å². The lowest BCUT2D eigenvalue weighted by Gasteiger charge is -2.32. The summed E-state index contributed by atoms with van der Waals surface area (Å²) in [4.78, 5) is 13.2. The highest BCUT2D eigenvalue weighted by molar-refractivity contribution is 8.00. The van der Waals surface area contributed by atoms with Gasteiger partial charge in [0.25, 0.3) is 0 Å². The Bertz CT molecular complexity index is 1020. The first-order valence-corrected chi connectivity index (χ1v) is 10.8. The molecule has 4 rings (SSSR count). The zero-order valence-corrected chi connectivity index (χ0v) is 18.1. The molecule has 1 aliphatic heterocycles. The third kappa shape index (κ3) is 4.28. The number of nitrogens with one attached hydrogen (secondary N) is 2. The van der Waals surface area contributed by atoms with Crippen molar-refractivity contribution >= 4 is 17.7 Å². The second-order valence-electron chi connectivity index (χ2n) is 7.22. The van der Waals surface area contributed by atoms with Crippen molar-refractivity contribution in [3.63, 3.8) is 0 Å². The van der Waals surface area contributed by atoms with Crippen molar-refractivity contribution in [3.05, 3.63) is 71.0 Å². The monoisotopic (exact) mass is 423 g/mol. The van der Waals surface area contributed by atoms with Gasteiger partial charge in [0, 0.05) is 6.54 Å². The van der Waals surface area contributed by atoms with Gasteiger partial charge in [0.2, 0.25) is 11.1 Å². The lowest BCUT2D eigenvalue weighted by atomic mass is 10.0. The van der Waals surface area contributed by atoms with Gasteiger partial charge in [-0.3, -0.25) is 4.79 Å². The van der Waals surface area contributed by atoms with E-state index in [0.29, 0.717) is 18.3 Å². The summed E-state index contributed by atoms with van der Waals surface area (Å²) in [6, 6.07) is 15.8. The first-order chi connectivity index (χ1) is 14.5. The second-order valence-corrected chi connectivity index (χ2v) is 8.32. The van der Waals surface area contributed by atoms with Crippen LogP contribution < -0.4 is 15.5 Å². The van der Waals surface area contributed by atoms with Gasteiger partial charge in [-0.25, -0.2) is 4.68 Å². The molecular weight excluding hydrogens is 398 g/mol. The van der Waals surface area contributed by atoms with Crippen LogP contribution in [-0.2, 0) is 11.3 Å². The summed E-state index contributed by atoms with van der Waals surface area (Å²) in [5.74, 6) is 1.53. The van der Waals surface area contributed by atoms with Crippen LogP contribution in [0.3, 0.4) is 0 Å². The Morgan fingerprint density at radius 2 is 1.87 bits per heavy atom. The van der Waals surface area contributed by atoms with E-state index in [9.17, 15) is 4.79 Å². The Hall–Kier alpha value is -3.00. The van der Waals surface area contributed by atoms with Gasteiger partial charge in [-0.15, -0.1) is 10.2 Å². The summed E-state index contributed by atoms with van der Waals surface area (Å²) in [6.07, 6.45) is 0. The number of rotatable bonds is 6. The molecule has 30 heavy (non-hydrogen) atoms. The molecule has 2 atom stereocenters. The molecule has 0 bridgehead atoms. The molecule has 7 nitrogen and oxygen atoms in total. The largest absolute Gasteiger partial charge is 0.494 e. The van der Waals surface area contributed by atoms with Crippen LogP contribution in [-0.4, -0.2) is 32.6 Å². The molecule has 0 saturated heterocycles. The van der Waals surface area contributed by atoms with Crippen LogP contribution in [0, 0.1) is 13.8 Å². The van der Waals surface area contributed by atoms with Crippen molar-refractivity contribution in [1.82, 2.24) is 20.2 Å². The average molecular weight is 424 g/mol. The molecule has 1 aliphatic rings. The van der Waals surface area contributed by atoms with E-state index in [2.05, 4.69) is 20.9 Å². The zero-order valence-electron chi connectivity index (χ0n) is 17.3. The van der Waals surface area contributed by atoms with E-state index in [-0.39, 0.29) is 17.2 Å². The number of thioether (sulfide) groups is 1. The lowest BCUT2D eigenvalue weighted by Crippen LogP contribution is -2.44. The van der Waals surface area contributed by atoms with E-state index in [1.54, 1.807) is 0 Å². The fraction of sp³-hybridized carbons (Fsp3) is 0.318. The van der Waals surface area contributed by atoms with E-state index < -0.39 is 0 Å². The quantitative estimate of drug-likeness (QED) is 0.633. The number of carbonyl (C=O) groups excluding carboxylic acids is 1. The van der Waals surface area contributed by atoms with Gasteiger partial charge in [0.1, 0.15) is 16.8 Å². The number of ether oxygens (including phenoxy) is 1. The maximum atomic E-state index is 13.2. The molecule has 2 aromatic carbocycles. The van der Waals surface area contributed by atoms with Crippen molar-refractivity contribution in [3.8, 4) is 5.75 Å². The maximum absolute atomic E-state index is 13.2. The number of benzene rings is 2. The molecule has 8 heteroatoms. The molecule has 3 aromatic rings. The third-order valence-corrected chi connectivity index (χ3v) is 6.21. The van der Waals surface area contributed by atoms with Gasteiger partial charge in [-0.2, -0.15) is 0 Å². The van der Waals surface area contributed by atoms with Gasteiger partial charge in [-0.05, 0) is 44.0 Å². The van der Waals surface area contributed by atoms with Crippen LogP contribution >= 0.6 is 11.8 Å². The lowest BCUT2D eigenvalue weighted by molar-refractivity contribution is -0.121. The van der Waals surface area contributed by atoms with E-state index in [1.807, 2.05) is 74.0 Å². The molecule has 1 aromatic heterocycles. The molecule has 0 fully saturated rings. The summed E-state index contributed by atoms with van der Waals surface area (Å²) in [5.41, 5.74) is 6.68. The zero-order chi connectivity index (χ0) is 21.1. The highest BCUT2D eigenvalue weighted by atomic mass is 32.2. The molecule has 0 saturated carbocycles. The molecule has 0 aliphatic carbocycles. The third-order valence-electron chi connectivity index (χ3n) is 4.99. The average Bonchev–Trinajstić information content (AvgIpc) is 3.13. The molecule has 0 unspecified atom stereocenters. The SMILES string of the molecule is CCOc1ccc([C@H]2Nn3c(C)nnc3S[C@H]2C(=O)NCc2ccc(C)cc2)cc1. The number of hydrogen-bond acceptors (Lipinski definition) is 6. The first-order valence-electron chi connectivity index (χ1n) is 9.96.